The highest BCUT2D eigenvalue weighted by Gasteiger charge is 2.32. The van der Waals surface area contributed by atoms with Gasteiger partial charge in [0.2, 0.25) is 0 Å². The highest BCUT2D eigenvalue weighted by atomic mass is 19.4. The number of nitrogens with one attached hydrogen (secondary N) is 2. The van der Waals surface area contributed by atoms with E-state index in [0.29, 0.717) is 18.3 Å². The Labute approximate surface area is 117 Å². The van der Waals surface area contributed by atoms with Crippen LogP contribution in [0.4, 0.5) is 24.8 Å². The van der Waals surface area contributed by atoms with E-state index in [2.05, 4.69) is 22.5 Å². The van der Waals surface area contributed by atoms with E-state index in [0.717, 1.165) is 31.4 Å². The van der Waals surface area contributed by atoms with Crippen LogP contribution >= 0.6 is 0 Å². The quantitative estimate of drug-likeness (QED) is 0.874. The van der Waals surface area contributed by atoms with Crippen LogP contribution in [0.15, 0.2) is 12.1 Å². The van der Waals surface area contributed by atoms with Crippen LogP contribution < -0.4 is 10.6 Å². The van der Waals surface area contributed by atoms with Gasteiger partial charge in [-0.25, -0.2) is 4.98 Å². The molecule has 3 nitrogen and oxygen atoms in total. The summed E-state index contributed by atoms with van der Waals surface area (Å²) in [6, 6.07) is 2.35. The van der Waals surface area contributed by atoms with E-state index < -0.39 is 11.7 Å². The van der Waals surface area contributed by atoms with Crippen LogP contribution in [-0.2, 0) is 6.18 Å². The SMILES string of the molecule is CCNc1cc(C(F)(F)F)cc(NC2CCC(C)C2)n1. The first-order valence-corrected chi connectivity index (χ1v) is 6.98. The highest BCUT2D eigenvalue weighted by molar-refractivity contribution is 5.50. The van der Waals surface area contributed by atoms with Crippen LogP contribution in [0.1, 0.15) is 38.7 Å². The zero-order valence-corrected chi connectivity index (χ0v) is 11.7. The average Bonchev–Trinajstić information content (AvgIpc) is 2.74. The minimum absolute atomic E-state index is 0.218. The van der Waals surface area contributed by atoms with E-state index in [1.807, 2.05) is 6.92 Å². The van der Waals surface area contributed by atoms with Gasteiger partial charge in [0.15, 0.2) is 0 Å². The molecular formula is C14H20F3N3. The van der Waals surface area contributed by atoms with Gasteiger partial charge in [-0.1, -0.05) is 6.92 Å². The number of nitrogens with zero attached hydrogens (tertiary/aromatic N) is 1. The van der Waals surface area contributed by atoms with Gasteiger partial charge in [-0.05, 0) is 44.2 Å². The fourth-order valence-corrected chi connectivity index (χ4v) is 2.59. The number of alkyl halides is 3. The molecule has 112 valence electrons. The first-order chi connectivity index (χ1) is 9.38. The lowest BCUT2D eigenvalue weighted by atomic mass is 10.1. The number of hydrogen-bond acceptors (Lipinski definition) is 3. The van der Waals surface area contributed by atoms with Gasteiger partial charge in [0.1, 0.15) is 11.6 Å². The van der Waals surface area contributed by atoms with E-state index in [9.17, 15) is 13.2 Å². The van der Waals surface area contributed by atoms with Crippen molar-refractivity contribution in [2.75, 3.05) is 17.2 Å². The Hall–Kier alpha value is -1.46. The second kappa shape index (κ2) is 5.89. The number of hydrogen-bond donors (Lipinski definition) is 2. The standard InChI is InChI=1S/C14H20F3N3/c1-3-18-12-7-10(14(15,16)17)8-13(20-12)19-11-5-4-9(2)6-11/h7-9,11H,3-6H2,1-2H3,(H2,18,19,20). The molecule has 2 unspecified atom stereocenters. The topological polar surface area (TPSA) is 37.0 Å². The van der Waals surface area contributed by atoms with Gasteiger partial charge < -0.3 is 10.6 Å². The normalized spacial score (nSPS) is 22.9. The second-order valence-corrected chi connectivity index (χ2v) is 5.41. The van der Waals surface area contributed by atoms with E-state index in [-0.39, 0.29) is 11.9 Å². The molecule has 2 N–H and O–H groups in total. The van der Waals surface area contributed by atoms with Gasteiger partial charge in [0, 0.05) is 12.6 Å². The molecule has 0 saturated heterocycles. The number of pyridine rings is 1. The molecule has 1 heterocycles. The largest absolute Gasteiger partial charge is 0.416 e. The zero-order valence-electron chi connectivity index (χ0n) is 11.7. The summed E-state index contributed by atoms with van der Waals surface area (Å²) in [5.41, 5.74) is -0.669. The van der Waals surface area contributed by atoms with Crippen LogP contribution in [0.5, 0.6) is 0 Å². The van der Waals surface area contributed by atoms with Crippen LogP contribution in [0.3, 0.4) is 0 Å². The van der Waals surface area contributed by atoms with Crippen molar-refractivity contribution < 1.29 is 13.2 Å². The molecule has 20 heavy (non-hydrogen) atoms. The molecule has 2 rings (SSSR count). The van der Waals surface area contributed by atoms with E-state index >= 15 is 0 Å². The second-order valence-electron chi connectivity index (χ2n) is 5.41. The summed E-state index contributed by atoms with van der Waals surface area (Å²) in [5, 5.41) is 5.97. The molecule has 0 aromatic carbocycles. The first-order valence-electron chi connectivity index (χ1n) is 6.98. The Morgan fingerprint density at radius 3 is 2.50 bits per heavy atom. The van der Waals surface area contributed by atoms with Crippen LogP contribution in [0.25, 0.3) is 0 Å². The van der Waals surface area contributed by atoms with E-state index in [4.69, 9.17) is 0 Å². The van der Waals surface area contributed by atoms with Crippen molar-refractivity contribution in [3.8, 4) is 0 Å². The van der Waals surface area contributed by atoms with Crippen molar-refractivity contribution in [1.82, 2.24) is 4.98 Å². The molecule has 2 atom stereocenters. The predicted molar refractivity (Wildman–Crippen MR) is 73.8 cm³/mol. The molecule has 1 aliphatic carbocycles. The Morgan fingerprint density at radius 2 is 1.95 bits per heavy atom. The average molecular weight is 287 g/mol. The van der Waals surface area contributed by atoms with Gasteiger partial charge in [-0.15, -0.1) is 0 Å². The van der Waals surface area contributed by atoms with Gasteiger partial charge in [-0.2, -0.15) is 13.2 Å². The van der Waals surface area contributed by atoms with Gasteiger partial charge in [-0.3, -0.25) is 0 Å². The Kier molecular flexibility index (Phi) is 4.40. The lowest BCUT2D eigenvalue weighted by molar-refractivity contribution is -0.137. The third-order valence-electron chi connectivity index (χ3n) is 3.56. The molecule has 0 spiro atoms. The summed E-state index contributed by atoms with van der Waals surface area (Å²) >= 11 is 0. The van der Waals surface area contributed by atoms with E-state index in [1.54, 1.807) is 0 Å². The maximum absolute atomic E-state index is 12.9. The maximum atomic E-state index is 12.9. The third-order valence-corrected chi connectivity index (χ3v) is 3.56. The lowest BCUT2D eigenvalue weighted by Crippen LogP contribution is -2.18. The molecule has 0 amide bonds. The summed E-state index contributed by atoms with van der Waals surface area (Å²) in [5.74, 6) is 1.18. The lowest BCUT2D eigenvalue weighted by Gasteiger charge is -2.16. The fourth-order valence-electron chi connectivity index (χ4n) is 2.59. The summed E-state index contributed by atoms with van der Waals surface area (Å²) in [7, 11) is 0. The molecule has 1 aromatic heterocycles. The third kappa shape index (κ3) is 3.77. The molecule has 0 aliphatic heterocycles. The van der Waals surface area contributed by atoms with Gasteiger partial charge >= 0.3 is 6.18 Å². The summed E-state index contributed by atoms with van der Waals surface area (Å²) in [6.07, 6.45) is -1.28. The first kappa shape index (κ1) is 14.9. The smallest absolute Gasteiger partial charge is 0.370 e. The van der Waals surface area contributed by atoms with Crippen molar-refractivity contribution in [2.24, 2.45) is 5.92 Å². The molecule has 0 radical (unpaired) electrons. The van der Waals surface area contributed by atoms with Crippen LogP contribution in [0, 0.1) is 5.92 Å². The van der Waals surface area contributed by atoms with Crippen LogP contribution in [0.2, 0.25) is 0 Å². The van der Waals surface area contributed by atoms with Crippen molar-refractivity contribution in [3.05, 3.63) is 17.7 Å². The Bertz CT molecular complexity index is 459. The highest BCUT2D eigenvalue weighted by Crippen LogP contribution is 2.33. The molecular weight excluding hydrogens is 267 g/mol. The minimum atomic E-state index is -4.35. The summed E-state index contributed by atoms with van der Waals surface area (Å²) in [6.45, 7) is 4.52. The van der Waals surface area contributed by atoms with Crippen molar-refractivity contribution >= 4 is 11.6 Å². The van der Waals surface area contributed by atoms with Crippen molar-refractivity contribution in [3.63, 3.8) is 0 Å². The number of anilines is 2. The molecule has 1 saturated carbocycles. The van der Waals surface area contributed by atoms with Gasteiger partial charge in [0.25, 0.3) is 0 Å². The fraction of sp³-hybridized carbons (Fsp3) is 0.643. The van der Waals surface area contributed by atoms with E-state index in [1.165, 1.54) is 0 Å². The summed E-state index contributed by atoms with van der Waals surface area (Å²) in [4.78, 5) is 4.20. The molecule has 0 bridgehead atoms. The monoisotopic (exact) mass is 287 g/mol. The predicted octanol–water partition coefficient (Wildman–Crippen LogP) is 4.13. The molecule has 1 aromatic rings. The maximum Gasteiger partial charge on any atom is 0.416 e. The summed E-state index contributed by atoms with van der Waals surface area (Å²) < 4.78 is 38.6. The van der Waals surface area contributed by atoms with Crippen molar-refractivity contribution in [1.29, 1.82) is 0 Å². The number of halogens is 3. The van der Waals surface area contributed by atoms with Crippen LogP contribution in [-0.4, -0.2) is 17.6 Å². The number of rotatable bonds is 4. The van der Waals surface area contributed by atoms with Crippen molar-refractivity contribution in [2.45, 2.75) is 45.3 Å². The molecule has 6 heteroatoms. The van der Waals surface area contributed by atoms with Gasteiger partial charge in [0.05, 0.1) is 5.56 Å². The Balaban J connectivity index is 2.20. The Morgan fingerprint density at radius 1 is 1.25 bits per heavy atom. The number of aromatic nitrogens is 1. The minimum Gasteiger partial charge on any atom is -0.370 e. The molecule has 1 fully saturated rings. The zero-order chi connectivity index (χ0) is 14.8. The molecule has 1 aliphatic rings.